The highest BCUT2D eigenvalue weighted by Crippen LogP contribution is 2.56. The summed E-state index contributed by atoms with van der Waals surface area (Å²) in [6.45, 7) is 4.81. The Morgan fingerprint density at radius 3 is 0.889 bits per heavy atom. The van der Waals surface area contributed by atoms with Crippen molar-refractivity contribution in [3.63, 3.8) is 0 Å². The Labute approximate surface area is 532 Å². The SMILES string of the molecule is CC1(c2cccc(N(c3ccc(-c4ccccc4)cc3)c3ccc4c(c3)sc3c4ccc4c3ccc3c5ccc(N(c6ccc(-c7ccccc7)cc6)c6cccc(C7(C)c8ccccc8-c8ccccc87)c6)cc5sc34)c2)c2ccccc2-c2ccccc21. The molecule has 0 saturated carbocycles. The standard InChI is InChI=1S/C86H58N2S2/c1-85(77-31-13-9-27-67(77)68-28-10-14-32-78(68)85)59-23-17-25-63(51-59)87(61-39-35-57(36-40-61)55-19-5-3-6-20-55)65-43-45-71-73-47-49-76-75(83(73)89-81(71)53-65)50-48-74-72-46-44-66(54-82(72)90-84(74)76)88(62-41-37-58(38-42-62)56-21-7-4-8-22-56)64-26-18-24-60(52-64)86(2)79-33-15-11-29-69(79)70-30-12-16-34-80(70)86/h3-54H,1-2H3. The van der Waals surface area contributed by atoms with Crippen LogP contribution in [0.1, 0.15) is 47.2 Å². The van der Waals surface area contributed by atoms with Gasteiger partial charge in [-0.05, 0) is 165 Å². The molecule has 4 heteroatoms. The van der Waals surface area contributed by atoms with Gasteiger partial charge in [-0.25, -0.2) is 0 Å². The highest BCUT2D eigenvalue weighted by Gasteiger charge is 2.42. The van der Waals surface area contributed by atoms with Crippen LogP contribution < -0.4 is 9.80 Å². The molecule has 2 aromatic heterocycles. The smallest absolute Gasteiger partial charge is 0.0476 e. The molecule has 0 amide bonds. The van der Waals surface area contributed by atoms with Crippen molar-refractivity contribution in [2.24, 2.45) is 0 Å². The van der Waals surface area contributed by atoms with E-state index in [1.807, 2.05) is 22.7 Å². The van der Waals surface area contributed by atoms with Crippen LogP contribution in [0.4, 0.5) is 34.1 Å². The monoisotopic (exact) mass is 1180 g/mol. The maximum absolute atomic E-state index is 2.46. The molecule has 2 nitrogen and oxygen atoms in total. The first kappa shape index (κ1) is 52.5. The molecule has 424 valence electrons. The van der Waals surface area contributed by atoms with E-state index in [0.29, 0.717) is 0 Å². The number of benzene rings is 14. The number of rotatable bonds is 10. The summed E-state index contributed by atoms with van der Waals surface area (Å²) >= 11 is 3.82. The lowest BCUT2D eigenvalue weighted by Gasteiger charge is -2.31. The van der Waals surface area contributed by atoms with E-state index in [0.717, 1.165) is 34.1 Å². The Balaban J connectivity index is 0.747. The van der Waals surface area contributed by atoms with Crippen LogP contribution in [-0.4, -0.2) is 0 Å². The first-order valence-corrected chi connectivity index (χ1v) is 32.8. The molecule has 0 saturated heterocycles. The van der Waals surface area contributed by atoms with Crippen LogP contribution in [-0.2, 0) is 10.8 Å². The normalized spacial score (nSPS) is 13.4. The van der Waals surface area contributed by atoms with E-state index in [1.54, 1.807) is 0 Å². The first-order chi connectivity index (χ1) is 44.4. The molecule has 0 bridgehead atoms. The molecule has 0 radical (unpaired) electrons. The molecule has 16 aromatic rings. The highest BCUT2D eigenvalue weighted by molar-refractivity contribution is 7.28. The van der Waals surface area contributed by atoms with Crippen LogP contribution in [0.5, 0.6) is 0 Å². The molecule has 14 aromatic carbocycles. The molecule has 2 heterocycles. The zero-order valence-corrected chi connectivity index (χ0v) is 51.4. The fourth-order valence-corrected chi connectivity index (χ4v) is 17.9. The van der Waals surface area contributed by atoms with Gasteiger partial charge in [0, 0.05) is 96.1 Å². The fourth-order valence-electron chi connectivity index (χ4n) is 15.3. The second kappa shape index (κ2) is 20.5. The summed E-state index contributed by atoms with van der Waals surface area (Å²) in [4.78, 5) is 4.91. The van der Waals surface area contributed by atoms with Crippen molar-refractivity contribution >= 4 is 108 Å². The molecule has 0 aliphatic heterocycles. The minimum Gasteiger partial charge on any atom is -0.310 e. The van der Waals surface area contributed by atoms with Gasteiger partial charge in [-0.2, -0.15) is 0 Å². The van der Waals surface area contributed by atoms with Crippen molar-refractivity contribution in [1.82, 2.24) is 0 Å². The number of thiophene rings is 2. The third kappa shape index (κ3) is 8.01. The lowest BCUT2D eigenvalue weighted by Crippen LogP contribution is -2.23. The number of nitrogens with zero attached hydrogens (tertiary/aromatic N) is 2. The van der Waals surface area contributed by atoms with Gasteiger partial charge in [-0.15, -0.1) is 22.7 Å². The van der Waals surface area contributed by atoms with Crippen molar-refractivity contribution < 1.29 is 0 Å². The van der Waals surface area contributed by atoms with E-state index in [1.165, 1.54) is 129 Å². The molecule has 0 unspecified atom stereocenters. The Hall–Kier alpha value is -10.6. The van der Waals surface area contributed by atoms with Gasteiger partial charge >= 0.3 is 0 Å². The maximum Gasteiger partial charge on any atom is 0.0476 e. The van der Waals surface area contributed by atoms with Crippen LogP contribution >= 0.6 is 22.7 Å². The number of hydrogen-bond donors (Lipinski definition) is 0. The van der Waals surface area contributed by atoms with Gasteiger partial charge in [0.15, 0.2) is 0 Å². The van der Waals surface area contributed by atoms with Gasteiger partial charge in [0.25, 0.3) is 0 Å². The molecular formula is C86H58N2S2. The molecular weight excluding hydrogens is 1130 g/mol. The summed E-state index contributed by atoms with van der Waals surface area (Å²) in [5.74, 6) is 0. The Kier molecular flexibility index (Phi) is 11.9. The van der Waals surface area contributed by atoms with Crippen molar-refractivity contribution in [3.05, 3.63) is 349 Å². The zero-order chi connectivity index (χ0) is 59.7. The Morgan fingerprint density at radius 1 is 0.233 bits per heavy atom. The van der Waals surface area contributed by atoms with Crippen LogP contribution in [0.3, 0.4) is 0 Å². The van der Waals surface area contributed by atoms with E-state index in [-0.39, 0.29) is 10.8 Å². The molecule has 18 rings (SSSR count). The Morgan fingerprint density at radius 2 is 0.522 bits per heavy atom. The second-order valence-corrected chi connectivity index (χ2v) is 26.7. The first-order valence-electron chi connectivity index (χ1n) is 31.1. The van der Waals surface area contributed by atoms with Crippen LogP contribution in [0.2, 0.25) is 0 Å². The van der Waals surface area contributed by atoms with Crippen molar-refractivity contribution in [2.75, 3.05) is 9.80 Å². The number of anilines is 6. The van der Waals surface area contributed by atoms with E-state index in [2.05, 4.69) is 339 Å². The predicted molar refractivity (Wildman–Crippen MR) is 385 cm³/mol. The van der Waals surface area contributed by atoms with Gasteiger partial charge < -0.3 is 9.80 Å². The molecule has 2 aliphatic carbocycles. The highest BCUT2D eigenvalue weighted by atomic mass is 32.1. The fraction of sp³-hybridized carbons (Fsp3) is 0.0465. The topological polar surface area (TPSA) is 6.48 Å². The summed E-state index contributed by atoms with van der Waals surface area (Å²) < 4.78 is 5.16. The molecule has 0 atom stereocenters. The lowest BCUT2D eigenvalue weighted by molar-refractivity contribution is 0.714. The minimum atomic E-state index is -0.330. The summed E-state index contributed by atoms with van der Waals surface area (Å²) in [6, 6.07) is 118. The number of hydrogen-bond acceptors (Lipinski definition) is 4. The quantitative estimate of drug-likeness (QED) is 0.135. The average Bonchev–Trinajstić information content (AvgIpc) is 1.67. The van der Waals surface area contributed by atoms with E-state index < -0.39 is 0 Å². The van der Waals surface area contributed by atoms with Gasteiger partial charge in [-0.1, -0.05) is 243 Å². The maximum atomic E-state index is 2.46. The van der Waals surface area contributed by atoms with Gasteiger partial charge in [0.1, 0.15) is 0 Å². The van der Waals surface area contributed by atoms with Gasteiger partial charge in [-0.3, -0.25) is 0 Å². The van der Waals surface area contributed by atoms with Gasteiger partial charge in [0.2, 0.25) is 0 Å². The van der Waals surface area contributed by atoms with Crippen LogP contribution in [0.15, 0.2) is 315 Å². The minimum absolute atomic E-state index is 0.330. The molecule has 0 fully saturated rings. The van der Waals surface area contributed by atoms with E-state index in [9.17, 15) is 0 Å². The van der Waals surface area contributed by atoms with Crippen LogP contribution in [0.25, 0.3) is 95.6 Å². The van der Waals surface area contributed by atoms with Crippen LogP contribution in [0, 0.1) is 0 Å². The summed E-state index contributed by atoms with van der Waals surface area (Å²) in [7, 11) is 0. The van der Waals surface area contributed by atoms with Gasteiger partial charge in [0.05, 0.1) is 0 Å². The number of fused-ring (bicyclic) bond motifs is 15. The molecule has 90 heavy (non-hydrogen) atoms. The van der Waals surface area contributed by atoms with Crippen molar-refractivity contribution in [3.8, 4) is 44.5 Å². The summed E-state index contributed by atoms with van der Waals surface area (Å²) in [5, 5.41) is 7.72. The summed E-state index contributed by atoms with van der Waals surface area (Å²) in [6.07, 6.45) is 0. The molecule has 0 N–H and O–H groups in total. The van der Waals surface area contributed by atoms with Crippen molar-refractivity contribution in [1.29, 1.82) is 0 Å². The zero-order valence-electron chi connectivity index (χ0n) is 49.7. The molecule has 0 spiro atoms. The Bertz CT molecular complexity index is 5090. The third-order valence-corrected chi connectivity index (χ3v) is 22.2. The van der Waals surface area contributed by atoms with E-state index >= 15 is 0 Å². The average molecular weight is 1180 g/mol. The predicted octanol–water partition coefficient (Wildman–Crippen LogP) is 24.5. The second-order valence-electron chi connectivity index (χ2n) is 24.6. The largest absolute Gasteiger partial charge is 0.310 e. The summed E-state index contributed by atoms with van der Waals surface area (Å²) in [5.41, 5.74) is 24.0. The third-order valence-electron chi connectivity index (χ3n) is 19.8. The lowest BCUT2D eigenvalue weighted by atomic mass is 9.74. The molecule has 2 aliphatic rings. The van der Waals surface area contributed by atoms with Crippen molar-refractivity contribution in [2.45, 2.75) is 24.7 Å². The van der Waals surface area contributed by atoms with E-state index in [4.69, 9.17) is 0 Å².